The summed E-state index contributed by atoms with van der Waals surface area (Å²) in [7, 11) is 0. The van der Waals surface area contributed by atoms with Crippen LogP contribution >= 0.6 is 28.3 Å². The number of halogens is 2. The van der Waals surface area contributed by atoms with Crippen molar-refractivity contribution in [1.82, 2.24) is 10.6 Å². The van der Waals surface area contributed by atoms with Crippen molar-refractivity contribution >= 4 is 39.9 Å². The highest BCUT2D eigenvalue weighted by Crippen LogP contribution is 2.23. The minimum atomic E-state index is -0.541. The fraction of sp³-hybridized carbons (Fsp3) is 0.462. The molecule has 1 saturated heterocycles. The molecular formula is C13H17BrClN3O3. The summed E-state index contributed by atoms with van der Waals surface area (Å²) in [6, 6.07) is 4.44. The summed E-state index contributed by atoms with van der Waals surface area (Å²) in [5.41, 5.74) is -0.0813. The van der Waals surface area contributed by atoms with Gasteiger partial charge in [-0.3, -0.25) is 14.9 Å². The Morgan fingerprint density at radius 1 is 1.52 bits per heavy atom. The molecule has 8 heteroatoms. The SMILES string of the molecule is Cl.O=C(NCCC1CCNC1)c1ccc(Br)cc1[N+](=O)[O-]. The van der Waals surface area contributed by atoms with E-state index in [1.807, 2.05) is 0 Å². The van der Waals surface area contributed by atoms with Gasteiger partial charge in [0.05, 0.1) is 4.92 Å². The van der Waals surface area contributed by atoms with Gasteiger partial charge in [0.15, 0.2) is 0 Å². The second-order valence-electron chi connectivity index (χ2n) is 4.82. The first kappa shape index (κ1) is 17.9. The number of nitro benzene ring substituents is 1. The van der Waals surface area contributed by atoms with E-state index in [-0.39, 0.29) is 23.7 Å². The Morgan fingerprint density at radius 2 is 2.29 bits per heavy atom. The van der Waals surface area contributed by atoms with Crippen LogP contribution in [-0.2, 0) is 0 Å². The smallest absolute Gasteiger partial charge is 0.283 e. The van der Waals surface area contributed by atoms with E-state index in [4.69, 9.17) is 0 Å². The third-order valence-corrected chi connectivity index (χ3v) is 3.89. The minimum absolute atomic E-state index is 0. The van der Waals surface area contributed by atoms with Crippen LogP contribution in [-0.4, -0.2) is 30.5 Å². The summed E-state index contributed by atoms with van der Waals surface area (Å²) in [5.74, 6) is 0.186. The first-order valence-corrected chi connectivity index (χ1v) is 7.30. The normalized spacial score (nSPS) is 17.1. The molecule has 0 aliphatic carbocycles. The van der Waals surface area contributed by atoms with Gasteiger partial charge in [-0.25, -0.2) is 0 Å². The number of nitro groups is 1. The van der Waals surface area contributed by atoms with Crippen LogP contribution in [0.4, 0.5) is 5.69 Å². The largest absolute Gasteiger partial charge is 0.352 e. The molecule has 1 aromatic carbocycles. The second-order valence-corrected chi connectivity index (χ2v) is 5.74. The van der Waals surface area contributed by atoms with E-state index in [0.29, 0.717) is 16.9 Å². The second kappa shape index (κ2) is 8.31. The van der Waals surface area contributed by atoms with Gasteiger partial charge in [0, 0.05) is 17.1 Å². The third kappa shape index (κ3) is 4.94. The van der Waals surface area contributed by atoms with Crippen LogP contribution in [0.3, 0.4) is 0 Å². The number of carbonyl (C=O) groups is 1. The summed E-state index contributed by atoms with van der Waals surface area (Å²) >= 11 is 3.17. The van der Waals surface area contributed by atoms with E-state index in [1.54, 1.807) is 6.07 Å². The minimum Gasteiger partial charge on any atom is -0.352 e. The number of hydrogen-bond donors (Lipinski definition) is 2. The summed E-state index contributed by atoms with van der Waals surface area (Å²) < 4.78 is 0.581. The quantitative estimate of drug-likeness (QED) is 0.609. The first-order chi connectivity index (χ1) is 9.58. The molecule has 0 spiro atoms. The Kier molecular flexibility index (Phi) is 7.07. The first-order valence-electron chi connectivity index (χ1n) is 6.51. The molecular weight excluding hydrogens is 362 g/mol. The van der Waals surface area contributed by atoms with Crippen LogP contribution in [0.15, 0.2) is 22.7 Å². The average molecular weight is 379 g/mol. The van der Waals surface area contributed by atoms with Crippen LogP contribution < -0.4 is 10.6 Å². The molecule has 1 aliphatic heterocycles. The Hall–Kier alpha value is -1.18. The van der Waals surface area contributed by atoms with Crippen molar-refractivity contribution in [2.45, 2.75) is 12.8 Å². The van der Waals surface area contributed by atoms with Crippen LogP contribution in [0.25, 0.3) is 0 Å². The van der Waals surface area contributed by atoms with E-state index in [1.165, 1.54) is 12.1 Å². The number of benzene rings is 1. The van der Waals surface area contributed by atoms with Gasteiger partial charge in [0.2, 0.25) is 0 Å². The van der Waals surface area contributed by atoms with Gasteiger partial charge in [-0.05, 0) is 44.0 Å². The van der Waals surface area contributed by atoms with Gasteiger partial charge in [0.1, 0.15) is 5.56 Å². The molecule has 1 fully saturated rings. The highest BCUT2D eigenvalue weighted by molar-refractivity contribution is 9.10. The van der Waals surface area contributed by atoms with Crippen molar-refractivity contribution in [3.8, 4) is 0 Å². The molecule has 2 rings (SSSR count). The van der Waals surface area contributed by atoms with E-state index in [9.17, 15) is 14.9 Å². The number of rotatable bonds is 5. The van der Waals surface area contributed by atoms with Crippen molar-refractivity contribution in [3.63, 3.8) is 0 Å². The summed E-state index contributed by atoms with van der Waals surface area (Å²) in [4.78, 5) is 22.4. The molecule has 21 heavy (non-hydrogen) atoms. The Balaban J connectivity index is 0.00000220. The van der Waals surface area contributed by atoms with Gasteiger partial charge >= 0.3 is 0 Å². The van der Waals surface area contributed by atoms with Crippen molar-refractivity contribution in [2.24, 2.45) is 5.92 Å². The summed E-state index contributed by atoms with van der Waals surface area (Å²) in [5, 5.41) is 17.0. The monoisotopic (exact) mass is 377 g/mol. The molecule has 0 saturated carbocycles. The summed E-state index contributed by atoms with van der Waals surface area (Å²) in [6.07, 6.45) is 2.01. The molecule has 1 aliphatic rings. The molecule has 116 valence electrons. The Morgan fingerprint density at radius 3 is 2.90 bits per heavy atom. The van der Waals surface area contributed by atoms with Crippen LogP contribution in [0.2, 0.25) is 0 Å². The van der Waals surface area contributed by atoms with Crippen molar-refractivity contribution in [1.29, 1.82) is 0 Å². The van der Waals surface area contributed by atoms with Gasteiger partial charge < -0.3 is 10.6 Å². The third-order valence-electron chi connectivity index (χ3n) is 3.40. The summed E-state index contributed by atoms with van der Waals surface area (Å²) in [6.45, 7) is 2.55. The zero-order chi connectivity index (χ0) is 14.5. The zero-order valence-corrected chi connectivity index (χ0v) is 13.7. The molecule has 0 aromatic heterocycles. The lowest BCUT2D eigenvalue weighted by Crippen LogP contribution is -2.27. The average Bonchev–Trinajstić information content (AvgIpc) is 2.91. The predicted molar refractivity (Wildman–Crippen MR) is 86.0 cm³/mol. The van der Waals surface area contributed by atoms with E-state index in [0.717, 1.165) is 25.9 Å². The molecule has 2 N–H and O–H groups in total. The topological polar surface area (TPSA) is 84.3 Å². The fourth-order valence-corrected chi connectivity index (χ4v) is 2.64. The lowest BCUT2D eigenvalue weighted by molar-refractivity contribution is -0.385. The molecule has 6 nitrogen and oxygen atoms in total. The van der Waals surface area contributed by atoms with E-state index in [2.05, 4.69) is 26.6 Å². The van der Waals surface area contributed by atoms with Crippen LogP contribution in [0.5, 0.6) is 0 Å². The lowest BCUT2D eigenvalue weighted by Gasteiger charge is -2.09. The molecule has 0 radical (unpaired) electrons. The number of amides is 1. The number of hydrogen-bond acceptors (Lipinski definition) is 4. The molecule has 0 bridgehead atoms. The molecule has 1 atom stereocenters. The highest BCUT2D eigenvalue weighted by atomic mass is 79.9. The number of carbonyl (C=O) groups excluding carboxylic acids is 1. The van der Waals surface area contributed by atoms with E-state index < -0.39 is 10.8 Å². The highest BCUT2D eigenvalue weighted by Gasteiger charge is 2.21. The maximum absolute atomic E-state index is 12.0. The molecule has 1 amide bonds. The lowest BCUT2D eigenvalue weighted by atomic mass is 10.1. The number of nitrogens with zero attached hydrogens (tertiary/aromatic N) is 1. The zero-order valence-electron chi connectivity index (χ0n) is 11.3. The maximum Gasteiger partial charge on any atom is 0.283 e. The van der Waals surface area contributed by atoms with Crippen molar-refractivity contribution < 1.29 is 9.72 Å². The van der Waals surface area contributed by atoms with Crippen molar-refractivity contribution in [2.75, 3.05) is 19.6 Å². The molecule has 1 heterocycles. The van der Waals surface area contributed by atoms with Gasteiger partial charge in [-0.1, -0.05) is 15.9 Å². The van der Waals surface area contributed by atoms with E-state index >= 15 is 0 Å². The number of nitrogens with one attached hydrogen (secondary N) is 2. The Bertz CT molecular complexity index is 521. The van der Waals surface area contributed by atoms with Crippen LogP contribution in [0, 0.1) is 16.0 Å². The molecule has 1 aromatic rings. The van der Waals surface area contributed by atoms with Gasteiger partial charge in [-0.15, -0.1) is 12.4 Å². The standard InChI is InChI=1S/C13H16BrN3O3.ClH/c14-10-1-2-11(12(7-10)17(19)20)13(18)16-6-4-9-3-5-15-8-9;/h1-2,7,9,15H,3-6,8H2,(H,16,18);1H. The van der Waals surface area contributed by atoms with Crippen molar-refractivity contribution in [3.05, 3.63) is 38.3 Å². The molecule has 1 unspecified atom stereocenters. The Labute approximate surface area is 137 Å². The fourth-order valence-electron chi connectivity index (χ4n) is 2.29. The van der Waals surface area contributed by atoms with Crippen LogP contribution in [0.1, 0.15) is 23.2 Å². The maximum atomic E-state index is 12.0. The van der Waals surface area contributed by atoms with Gasteiger partial charge in [-0.2, -0.15) is 0 Å². The van der Waals surface area contributed by atoms with Gasteiger partial charge in [0.25, 0.3) is 11.6 Å². The predicted octanol–water partition coefficient (Wildman–Crippen LogP) is 2.51.